The number of H-pyrrole nitrogens is 1. The van der Waals surface area contributed by atoms with Crippen LogP contribution in [0.4, 0.5) is 0 Å². The van der Waals surface area contributed by atoms with Crippen molar-refractivity contribution >= 4 is 5.78 Å². The van der Waals surface area contributed by atoms with Crippen molar-refractivity contribution in [3.8, 4) is 0 Å². The van der Waals surface area contributed by atoms with Gasteiger partial charge in [0, 0.05) is 17.7 Å². The second-order valence-electron chi connectivity index (χ2n) is 4.46. The van der Waals surface area contributed by atoms with Gasteiger partial charge in [0.05, 0.1) is 0 Å². The summed E-state index contributed by atoms with van der Waals surface area (Å²) in [5, 5.41) is 2.33. The van der Waals surface area contributed by atoms with Crippen LogP contribution in [0.2, 0.25) is 0 Å². The fraction of sp³-hybridized carbons (Fsp3) is 0.214. The van der Waals surface area contributed by atoms with Crippen LogP contribution in [0.1, 0.15) is 21.5 Å². The zero-order valence-corrected chi connectivity index (χ0v) is 10.8. The number of aromatic nitrogens is 2. The highest BCUT2D eigenvalue weighted by molar-refractivity contribution is 5.96. The molecule has 98 valence electrons. The number of carbonyl (C=O) groups excluding carboxylic acids is 1. The van der Waals surface area contributed by atoms with Crippen molar-refractivity contribution in [2.24, 2.45) is 0 Å². The maximum Gasteiger partial charge on any atom is 0.265 e. The Labute approximate surface area is 109 Å². The van der Waals surface area contributed by atoms with E-state index in [9.17, 15) is 14.4 Å². The maximum atomic E-state index is 12.1. The Balaban J connectivity index is 2.30. The summed E-state index contributed by atoms with van der Waals surface area (Å²) < 4.78 is 1.01. The summed E-state index contributed by atoms with van der Waals surface area (Å²) in [6, 6.07) is 7.64. The van der Waals surface area contributed by atoms with E-state index in [1.54, 1.807) is 12.1 Å². The topological polar surface area (TPSA) is 71.9 Å². The van der Waals surface area contributed by atoms with Gasteiger partial charge < -0.3 is 0 Å². The molecule has 0 saturated heterocycles. The number of Topliss-reactive ketones (excluding diaryl/α,β-unsaturated/α-hetero) is 1. The summed E-state index contributed by atoms with van der Waals surface area (Å²) in [6.07, 6.45) is 0. The van der Waals surface area contributed by atoms with Crippen LogP contribution in [0.25, 0.3) is 0 Å². The van der Waals surface area contributed by atoms with E-state index in [4.69, 9.17) is 0 Å². The first-order chi connectivity index (χ1) is 8.97. The Morgan fingerprint density at radius 3 is 2.53 bits per heavy atom. The highest BCUT2D eigenvalue weighted by Gasteiger charge is 2.09. The van der Waals surface area contributed by atoms with Crippen molar-refractivity contribution in [2.45, 2.75) is 20.4 Å². The molecule has 0 aliphatic heterocycles. The Kier molecular flexibility index (Phi) is 3.46. The average molecular weight is 258 g/mol. The average Bonchev–Trinajstić information content (AvgIpc) is 2.37. The molecular formula is C14H14N2O3. The van der Waals surface area contributed by atoms with Gasteiger partial charge in [-0.05, 0) is 31.0 Å². The second kappa shape index (κ2) is 5.06. The molecule has 2 aromatic rings. The molecule has 1 heterocycles. The van der Waals surface area contributed by atoms with Crippen LogP contribution in [0, 0.1) is 13.8 Å². The van der Waals surface area contributed by atoms with Crippen molar-refractivity contribution in [3.63, 3.8) is 0 Å². The van der Waals surface area contributed by atoms with Gasteiger partial charge in [-0.1, -0.05) is 12.1 Å². The first-order valence-corrected chi connectivity index (χ1v) is 5.88. The molecule has 0 spiro atoms. The Morgan fingerprint density at radius 1 is 1.11 bits per heavy atom. The lowest BCUT2D eigenvalue weighted by Gasteiger charge is -2.06. The van der Waals surface area contributed by atoms with E-state index in [0.717, 1.165) is 27.9 Å². The van der Waals surface area contributed by atoms with Gasteiger partial charge in [-0.3, -0.25) is 19.5 Å². The van der Waals surface area contributed by atoms with Gasteiger partial charge in [0.15, 0.2) is 5.78 Å². The molecule has 5 nitrogen and oxygen atoms in total. The van der Waals surface area contributed by atoms with Crippen molar-refractivity contribution in [2.75, 3.05) is 0 Å². The molecule has 0 radical (unpaired) electrons. The van der Waals surface area contributed by atoms with Crippen LogP contribution in [0.15, 0.2) is 39.9 Å². The molecule has 1 aromatic carbocycles. The third-order valence-corrected chi connectivity index (χ3v) is 3.02. The monoisotopic (exact) mass is 258 g/mol. The van der Waals surface area contributed by atoms with Crippen LogP contribution < -0.4 is 11.1 Å². The molecule has 19 heavy (non-hydrogen) atoms. The predicted molar refractivity (Wildman–Crippen MR) is 71.6 cm³/mol. The molecule has 0 bridgehead atoms. The van der Waals surface area contributed by atoms with Crippen LogP contribution in [-0.4, -0.2) is 15.6 Å². The van der Waals surface area contributed by atoms with E-state index in [0.29, 0.717) is 5.56 Å². The molecule has 0 unspecified atom stereocenters. The van der Waals surface area contributed by atoms with E-state index >= 15 is 0 Å². The number of nitrogens with one attached hydrogen (secondary N) is 1. The molecule has 0 saturated carbocycles. The molecule has 0 fully saturated rings. The van der Waals surface area contributed by atoms with Crippen molar-refractivity contribution < 1.29 is 4.79 Å². The summed E-state index contributed by atoms with van der Waals surface area (Å²) in [5.74, 6) is -0.216. The predicted octanol–water partition coefficient (Wildman–Crippen LogP) is 1.04. The minimum absolute atomic E-state index is 0.169. The first kappa shape index (κ1) is 13.0. The molecule has 2 rings (SSSR count). The van der Waals surface area contributed by atoms with Gasteiger partial charge in [-0.15, -0.1) is 0 Å². The van der Waals surface area contributed by atoms with Crippen LogP contribution >= 0.6 is 0 Å². The van der Waals surface area contributed by atoms with Crippen LogP contribution in [-0.2, 0) is 6.54 Å². The number of rotatable bonds is 3. The second-order valence-corrected chi connectivity index (χ2v) is 4.46. The lowest BCUT2D eigenvalue weighted by molar-refractivity contribution is 0.0965. The van der Waals surface area contributed by atoms with Crippen molar-refractivity contribution in [3.05, 3.63) is 67.7 Å². The summed E-state index contributed by atoms with van der Waals surface area (Å²) in [5.41, 5.74) is 1.82. The van der Waals surface area contributed by atoms with E-state index in [-0.39, 0.29) is 12.3 Å². The standard InChI is InChI=1S/C14H14N2O3/c1-9-3-4-11(7-10(9)2)12(17)8-16-14(19)6-5-13(18)15-16/h3-7H,8H2,1-2H3,(H,15,18). The molecule has 1 aromatic heterocycles. The fourth-order valence-corrected chi connectivity index (χ4v) is 1.73. The van der Waals surface area contributed by atoms with E-state index in [1.165, 1.54) is 0 Å². The van der Waals surface area contributed by atoms with Gasteiger partial charge in [-0.25, -0.2) is 4.68 Å². The lowest BCUT2D eigenvalue weighted by Crippen LogP contribution is -2.30. The minimum atomic E-state index is -0.410. The zero-order valence-electron chi connectivity index (χ0n) is 10.8. The van der Waals surface area contributed by atoms with E-state index in [1.807, 2.05) is 19.9 Å². The Hall–Kier alpha value is -2.43. The number of nitrogens with zero attached hydrogens (tertiary/aromatic N) is 1. The fourth-order valence-electron chi connectivity index (χ4n) is 1.73. The largest absolute Gasteiger partial charge is 0.292 e. The number of hydrogen-bond acceptors (Lipinski definition) is 3. The Morgan fingerprint density at radius 2 is 1.84 bits per heavy atom. The van der Waals surface area contributed by atoms with Crippen LogP contribution in [0.3, 0.4) is 0 Å². The summed E-state index contributed by atoms with van der Waals surface area (Å²) in [6.45, 7) is 3.71. The highest BCUT2D eigenvalue weighted by Crippen LogP contribution is 2.10. The van der Waals surface area contributed by atoms with E-state index < -0.39 is 11.1 Å². The third-order valence-electron chi connectivity index (χ3n) is 3.02. The van der Waals surface area contributed by atoms with Gasteiger partial charge in [-0.2, -0.15) is 0 Å². The van der Waals surface area contributed by atoms with E-state index in [2.05, 4.69) is 5.10 Å². The summed E-state index contributed by atoms with van der Waals surface area (Å²) in [4.78, 5) is 34.7. The number of hydrogen-bond donors (Lipinski definition) is 1. The molecule has 0 aliphatic carbocycles. The quantitative estimate of drug-likeness (QED) is 0.836. The molecular weight excluding hydrogens is 244 g/mol. The number of ketones is 1. The molecule has 5 heteroatoms. The van der Waals surface area contributed by atoms with Gasteiger partial charge >= 0.3 is 0 Å². The van der Waals surface area contributed by atoms with Gasteiger partial charge in [0.1, 0.15) is 6.54 Å². The number of aromatic amines is 1. The number of benzene rings is 1. The van der Waals surface area contributed by atoms with Crippen LogP contribution in [0.5, 0.6) is 0 Å². The lowest BCUT2D eigenvalue weighted by atomic mass is 10.0. The minimum Gasteiger partial charge on any atom is -0.292 e. The van der Waals surface area contributed by atoms with Crippen molar-refractivity contribution in [1.29, 1.82) is 0 Å². The van der Waals surface area contributed by atoms with Gasteiger partial charge in [0.2, 0.25) is 0 Å². The molecule has 0 aliphatic rings. The highest BCUT2D eigenvalue weighted by atomic mass is 16.2. The SMILES string of the molecule is Cc1ccc(C(=O)Cn2[nH]c(=O)ccc2=O)cc1C. The molecule has 1 N–H and O–H groups in total. The van der Waals surface area contributed by atoms with Gasteiger partial charge in [0.25, 0.3) is 11.1 Å². The first-order valence-electron chi connectivity index (χ1n) is 5.88. The maximum absolute atomic E-state index is 12.1. The molecule has 0 atom stereocenters. The normalized spacial score (nSPS) is 10.4. The smallest absolute Gasteiger partial charge is 0.265 e. The number of carbonyl (C=O) groups is 1. The molecule has 0 amide bonds. The Bertz CT molecular complexity index is 741. The number of aryl methyl sites for hydroxylation is 2. The summed E-state index contributed by atoms with van der Waals surface area (Å²) >= 11 is 0. The zero-order chi connectivity index (χ0) is 14.0. The summed E-state index contributed by atoms with van der Waals surface area (Å²) in [7, 11) is 0. The van der Waals surface area contributed by atoms with Crippen molar-refractivity contribution in [1.82, 2.24) is 9.78 Å². The third kappa shape index (κ3) is 2.88.